The van der Waals surface area contributed by atoms with Crippen LogP contribution < -0.4 is 5.32 Å². The van der Waals surface area contributed by atoms with E-state index in [1.165, 1.54) is 12.5 Å². The molecule has 1 aromatic heterocycles. The third-order valence-electron chi connectivity index (χ3n) is 3.96. The Labute approximate surface area is 149 Å². The maximum Gasteiger partial charge on any atom is 0.221 e. The largest absolute Gasteiger partial charge is 0.356 e. The zero-order valence-corrected chi connectivity index (χ0v) is 14.6. The number of hydrogen-bond donors (Lipinski definition) is 1. The standard InChI is InChI=1S/C20H25N3O2/c1-17(24)23(16-19-10-5-12-21-15-19)14-11-20(25)22-13-6-9-18-7-3-2-4-8-18/h2-5,7-8,10,12,15H,6,9,11,13-14,16H2,1H3,(H,22,25). The van der Waals surface area contributed by atoms with Crippen molar-refractivity contribution in [2.24, 2.45) is 0 Å². The molecule has 1 heterocycles. The van der Waals surface area contributed by atoms with E-state index < -0.39 is 0 Å². The van der Waals surface area contributed by atoms with E-state index >= 15 is 0 Å². The first-order valence-electron chi connectivity index (χ1n) is 8.60. The van der Waals surface area contributed by atoms with Gasteiger partial charge in [0.1, 0.15) is 0 Å². The maximum atomic E-state index is 12.0. The van der Waals surface area contributed by atoms with Crippen molar-refractivity contribution in [3.63, 3.8) is 0 Å². The molecule has 0 saturated heterocycles. The van der Waals surface area contributed by atoms with E-state index in [0.29, 0.717) is 26.1 Å². The molecule has 0 spiro atoms. The van der Waals surface area contributed by atoms with Crippen LogP contribution in [-0.2, 0) is 22.6 Å². The highest BCUT2D eigenvalue weighted by Gasteiger charge is 2.11. The molecule has 0 bridgehead atoms. The Morgan fingerprint density at radius 3 is 2.52 bits per heavy atom. The summed E-state index contributed by atoms with van der Waals surface area (Å²) in [4.78, 5) is 29.4. The number of benzene rings is 1. The second-order valence-electron chi connectivity index (χ2n) is 5.99. The van der Waals surface area contributed by atoms with Gasteiger partial charge in [-0.15, -0.1) is 0 Å². The van der Waals surface area contributed by atoms with Crippen molar-refractivity contribution < 1.29 is 9.59 Å². The van der Waals surface area contributed by atoms with Crippen LogP contribution in [-0.4, -0.2) is 34.8 Å². The molecule has 0 aliphatic heterocycles. The normalized spacial score (nSPS) is 10.3. The van der Waals surface area contributed by atoms with Crippen molar-refractivity contribution in [3.05, 3.63) is 66.0 Å². The Morgan fingerprint density at radius 1 is 1.08 bits per heavy atom. The number of carbonyl (C=O) groups excluding carboxylic acids is 2. The molecule has 25 heavy (non-hydrogen) atoms. The van der Waals surface area contributed by atoms with Gasteiger partial charge in [-0.3, -0.25) is 14.6 Å². The highest BCUT2D eigenvalue weighted by molar-refractivity contribution is 5.78. The molecule has 2 amide bonds. The Morgan fingerprint density at radius 2 is 1.84 bits per heavy atom. The van der Waals surface area contributed by atoms with Gasteiger partial charge in [0.15, 0.2) is 0 Å². The summed E-state index contributed by atoms with van der Waals surface area (Å²) in [7, 11) is 0. The summed E-state index contributed by atoms with van der Waals surface area (Å²) < 4.78 is 0. The minimum atomic E-state index is -0.0410. The summed E-state index contributed by atoms with van der Waals surface area (Å²) in [6.45, 7) is 3.06. The summed E-state index contributed by atoms with van der Waals surface area (Å²) in [5.41, 5.74) is 2.23. The molecule has 0 atom stereocenters. The molecular formula is C20H25N3O2. The van der Waals surface area contributed by atoms with E-state index in [1.54, 1.807) is 17.3 Å². The van der Waals surface area contributed by atoms with Crippen molar-refractivity contribution in [1.82, 2.24) is 15.2 Å². The number of nitrogens with zero attached hydrogens (tertiary/aromatic N) is 2. The molecule has 2 aromatic rings. The second-order valence-corrected chi connectivity index (χ2v) is 5.99. The van der Waals surface area contributed by atoms with Crippen LogP contribution in [0.5, 0.6) is 0 Å². The molecule has 132 valence electrons. The predicted molar refractivity (Wildman–Crippen MR) is 97.7 cm³/mol. The van der Waals surface area contributed by atoms with E-state index in [2.05, 4.69) is 22.4 Å². The van der Waals surface area contributed by atoms with Crippen molar-refractivity contribution in [3.8, 4) is 0 Å². The fraction of sp³-hybridized carbons (Fsp3) is 0.350. The second kappa shape index (κ2) is 10.2. The topological polar surface area (TPSA) is 62.3 Å². The zero-order chi connectivity index (χ0) is 17.9. The molecule has 1 aromatic carbocycles. The minimum Gasteiger partial charge on any atom is -0.356 e. The molecular weight excluding hydrogens is 314 g/mol. The highest BCUT2D eigenvalue weighted by atomic mass is 16.2. The lowest BCUT2D eigenvalue weighted by molar-refractivity contribution is -0.130. The Hall–Kier alpha value is -2.69. The predicted octanol–water partition coefficient (Wildman–Crippen LogP) is 2.57. The first-order chi connectivity index (χ1) is 12.1. The van der Waals surface area contributed by atoms with Crippen LogP contribution in [0.2, 0.25) is 0 Å². The number of rotatable bonds is 9. The number of amides is 2. The van der Waals surface area contributed by atoms with Crippen LogP contribution in [0.3, 0.4) is 0 Å². The van der Waals surface area contributed by atoms with E-state index in [-0.39, 0.29) is 11.8 Å². The van der Waals surface area contributed by atoms with E-state index in [1.807, 2.05) is 30.3 Å². The Bertz CT molecular complexity index is 659. The van der Waals surface area contributed by atoms with Gasteiger partial charge in [0.25, 0.3) is 0 Å². The van der Waals surface area contributed by atoms with Crippen LogP contribution in [0.25, 0.3) is 0 Å². The van der Waals surface area contributed by atoms with Gasteiger partial charge in [0.2, 0.25) is 11.8 Å². The summed E-state index contributed by atoms with van der Waals surface area (Å²) in [6, 6.07) is 14.0. The van der Waals surface area contributed by atoms with E-state index in [4.69, 9.17) is 0 Å². The van der Waals surface area contributed by atoms with Crippen LogP contribution in [0.15, 0.2) is 54.9 Å². The lowest BCUT2D eigenvalue weighted by Crippen LogP contribution is -2.33. The number of nitrogens with one attached hydrogen (secondary N) is 1. The van der Waals surface area contributed by atoms with Gasteiger partial charge < -0.3 is 10.2 Å². The number of pyridine rings is 1. The van der Waals surface area contributed by atoms with E-state index in [9.17, 15) is 9.59 Å². The highest BCUT2D eigenvalue weighted by Crippen LogP contribution is 2.05. The third kappa shape index (κ3) is 7.16. The number of aromatic nitrogens is 1. The summed E-state index contributed by atoms with van der Waals surface area (Å²) in [6.07, 6.45) is 5.60. The van der Waals surface area contributed by atoms with Gasteiger partial charge >= 0.3 is 0 Å². The minimum absolute atomic E-state index is 0.0227. The third-order valence-corrected chi connectivity index (χ3v) is 3.96. The molecule has 0 saturated carbocycles. The van der Waals surface area contributed by atoms with Crippen molar-refractivity contribution in [1.29, 1.82) is 0 Å². The van der Waals surface area contributed by atoms with Crippen molar-refractivity contribution in [2.45, 2.75) is 32.7 Å². The zero-order valence-electron chi connectivity index (χ0n) is 14.6. The van der Waals surface area contributed by atoms with E-state index in [0.717, 1.165) is 18.4 Å². The van der Waals surface area contributed by atoms with Gasteiger partial charge in [-0.1, -0.05) is 36.4 Å². The van der Waals surface area contributed by atoms with Crippen LogP contribution in [0, 0.1) is 0 Å². The fourth-order valence-electron chi connectivity index (χ4n) is 2.55. The molecule has 2 rings (SSSR count). The number of carbonyl (C=O) groups is 2. The Kier molecular flexibility index (Phi) is 7.63. The molecule has 5 heteroatoms. The lowest BCUT2D eigenvalue weighted by atomic mass is 10.1. The van der Waals surface area contributed by atoms with Crippen LogP contribution >= 0.6 is 0 Å². The molecule has 0 radical (unpaired) electrons. The first-order valence-corrected chi connectivity index (χ1v) is 8.60. The summed E-state index contributed by atoms with van der Waals surface area (Å²) >= 11 is 0. The Balaban J connectivity index is 1.67. The summed E-state index contributed by atoms with van der Waals surface area (Å²) in [5, 5.41) is 2.92. The molecule has 0 unspecified atom stereocenters. The van der Waals surface area contributed by atoms with Crippen molar-refractivity contribution in [2.75, 3.05) is 13.1 Å². The average Bonchev–Trinajstić information content (AvgIpc) is 2.63. The molecule has 0 aliphatic rings. The number of hydrogen-bond acceptors (Lipinski definition) is 3. The maximum absolute atomic E-state index is 12.0. The van der Waals surface area contributed by atoms with Gasteiger partial charge in [0, 0.05) is 45.4 Å². The molecule has 1 N–H and O–H groups in total. The first kappa shape index (κ1) is 18.6. The molecule has 0 aliphatic carbocycles. The quantitative estimate of drug-likeness (QED) is 0.714. The van der Waals surface area contributed by atoms with Gasteiger partial charge in [0.05, 0.1) is 0 Å². The van der Waals surface area contributed by atoms with Crippen LogP contribution in [0.4, 0.5) is 0 Å². The lowest BCUT2D eigenvalue weighted by Gasteiger charge is -2.20. The van der Waals surface area contributed by atoms with Gasteiger partial charge in [-0.05, 0) is 30.0 Å². The SMILES string of the molecule is CC(=O)N(CCC(=O)NCCCc1ccccc1)Cc1cccnc1. The average molecular weight is 339 g/mol. The van der Waals surface area contributed by atoms with Crippen molar-refractivity contribution >= 4 is 11.8 Å². The van der Waals surface area contributed by atoms with Gasteiger partial charge in [-0.25, -0.2) is 0 Å². The molecule has 0 fully saturated rings. The number of aryl methyl sites for hydroxylation is 1. The van der Waals surface area contributed by atoms with Crippen LogP contribution in [0.1, 0.15) is 30.9 Å². The monoisotopic (exact) mass is 339 g/mol. The summed E-state index contributed by atoms with van der Waals surface area (Å²) in [5.74, 6) is -0.0637. The smallest absolute Gasteiger partial charge is 0.221 e. The molecule has 5 nitrogen and oxygen atoms in total. The fourth-order valence-corrected chi connectivity index (χ4v) is 2.55. The van der Waals surface area contributed by atoms with Gasteiger partial charge in [-0.2, -0.15) is 0 Å².